The van der Waals surface area contributed by atoms with Crippen LogP contribution in [0.25, 0.3) is 28.1 Å². The van der Waals surface area contributed by atoms with E-state index >= 15 is 0 Å². The molecule has 1 aromatic heterocycles. The lowest BCUT2D eigenvalue weighted by molar-refractivity contribution is -0.633. The maximum atomic E-state index is 2.53. The number of hydrogen-bond donors (Lipinski definition) is 0. The Morgan fingerprint density at radius 1 is 0.656 bits per heavy atom. The summed E-state index contributed by atoms with van der Waals surface area (Å²) in [6, 6.07) is 22.4. The summed E-state index contributed by atoms with van der Waals surface area (Å²) in [5.74, 6) is 2.62. The zero-order valence-corrected chi connectivity index (χ0v) is 20.9. The molecular formula is C30H37N2+. The zero-order valence-electron chi connectivity index (χ0n) is 20.9. The van der Waals surface area contributed by atoms with E-state index in [4.69, 9.17) is 0 Å². The number of nitrogens with zero attached hydrogens (tertiary/aromatic N) is 2. The van der Waals surface area contributed by atoms with Crippen LogP contribution in [0.5, 0.6) is 0 Å². The van der Waals surface area contributed by atoms with Gasteiger partial charge in [-0.15, -0.1) is 0 Å². The van der Waals surface area contributed by atoms with Gasteiger partial charge in [0.15, 0.2) is 11.0 Å². The number of para-hydroxylation sites is 3. The molecule has 0 spiro atoms. The third-order valence-corrected chi connectivity index (χ3v) is 6.82. The van der Waals surface area contributed by atoms with Gasteiger partial charge >= 0.3 is 0 Å². The third kappa shape index (κ3) is 3.56. The summed E-state index contributed by atoms with van der Waals surface area (Å²) in [6.45, 7) is 16.1. The molecule has 0 aliphatic heterocycles. The van der Waals surface area contributed by atoms with E-state index in [9.17, 15) is 0 Å². The highest BCUT2D eigenvalue weighted by atomic mass is 15.2. The molecule has 0 saturated heterocycles. The summed E-state index contributed by atoms with van der Waals surface area (Å²) in [4.78, 5) is 0. The van der Waals surface area contributed by atoms with Crippen LogP contribution >= 0.6 is 0 Å². The molecule has 2 nitrogen and oxygen atoms in total. The molecule has 0 N–H and O–H groups in total. The number of rotatable bonds is 5. The first-order valence-electron chi connectivity index (χ1n) is 12.0. The molecule has 1 heterocycles. The van der Waals surface area contributed by atoms with Crippen LogP contribution in [0.3, 0.4) is 0 Å². The molecule has 2 heteroatoms. The summed E-state index contributed by atoms with van der Waals surface area (Å²) < 4.78 is 4.91. The average Bonchev–Trinajstić information content (AvgIpc) is 3.05. The van der Waals surface area contributed by atoms with Crippen LogP contribution in [0.4, 0.5) is 0 Å². The van der Waals surface area contributed by atoms with Crippen LogP contribution in [0.15, 0.2) is 60.7 Å². The van der Waals surface area contributed by atoms with Gasteiger partial charge in [0.2, 0.25) is 0 Å². The smallest absolute Gasteiger partial charge is 0.225 e. The molecular weight excluding hydrogens is 388 g/mol. The SMILES string of the molecule is Cc1c(-c2n(-c3c(C(C)C)cccc3C(C)C)c3ccccc3[n+]2C)cccc1C(C)C. The fraction of sp³-hybridized carbons (Fsp3) is 0.367. The number of hydrogen-bond acceptors (Lipinski definition) is 0. The molecule has 3 aromatic carbocycles. The molecule has 4 rings (SSSR count). The van der Waals surface area contributed by atoms with E-state index in [1.165, 1.54) is 50.4 Å². The highest BCUT2D eigenvalue weighted by Crippen LogP contribution is 2.38. The van der Waals surface area contributed by atoms with Gasteiger partial charge < -0.3 is 0 Å². The van der Waals surface area contributed by atoms with Crippen LogP contribution in [-0.2, 0) is 7.05 Å². The van der Waals surface area contributed by atoms with Crippen molar-refractivity contribution in [3.05, 3.63) is 82.9 Å². The Hall–Kier alpha value is -2.87. The summed E-state index contributed by atoms with van der Waals surface area (Å²) in [5.41, 5.74) is 10.8. The van der Waals surface area contributed by atoms with E-state index in [2.05, 4.69) is 125 Å². The van der Waals surface area contributed by atoms with Gasteiger partial charge in [0.25, 0.3) is 5.82 Å². The van der Waals surface area contributed by atoms with E-state index in [-0.39, 0.29) is 0 Å². The van der Waals surface area contributed by atoms with Crippen molar-refractivity contribution in [3.8, 4) is 17.1 Å². The van der Waals surface area contributed by atoms with Crippen LogP contribution in [0, 0.1) is 6.92 Å². The fourth-order valence-corrected chi connectivity index (χ4v) is 5.13. The summed E-state index contributed by atoms with van der Waals surface area (Å²) in [5, 5.41) is 0. The van der Waals surface area contributed by atoms with Gasteiger partial charge in [-0.1, -0.05) is 84.0 Å². The van der Waals surface area contributed by atoms with Crippen LogP contribution in [0.1, 0.15) is 81.5 Å². The van der Waals surface area contributed by atoms with Gasteiger partial charge in [-0.3, -0.25) is 0 Å². The minimum atomic E-state index is 0.436. The van der Waals surface area contributed by atoms with Crippen molar-refractivity contribution in [1.82, 2.24) is 4.57 Å². The Bertz CT molecular complexity index is 1250. The van der Waals surface area contributed by atoms with Crippen LogP contribution in [-0.4, -0.2) is 4.57 Å². The Labute approximate surface area is 193 Å². The molecule has 0 atom stereocenters. The van der Waals surface area contributed by atoms with E-state index in [1.54, 1.807) is 0 Å². The normalized spacial score (nSPS) is 12.0. The Morgan fingerprint density at radius 2 is 1.19 bits per heavy atom. The second kappa shape index (κ2) is 8.58. The highest BCUT2D eigenvalue weighted by Gasteiger charge is 2.31. The quantitative estimate of drug-likeness (QED) is 0.288. The van der Waals surface area contributed by atoms with Gasteiger partial charge in [-0.2, -0.15) is 4.57 Å². The predicted octanol–water partition coefficient (Wildman–Crippen LogP) is 7.80. The molecule has 0 bridgehead atoms. The fourth-order valence-electron chi connectivity index (χ4n) is 5.13. The summed E-state index contributed by atoms with van der Waals surface area (Å²) >= 11 is 0. The number of aromatic nitrogens is 2. The molecule has 166 valence electrons. The predicted molar refractivity (Wildman–Crippen MR) is 137 cm³/mol. The van der Waals surface area contributed by atoms with E-state index < -0.39 is 0 Å². The Morgan fingerprint density at radius 3 is 1.78 bits per heavy atom. The van der Waals surface area contributed by atoms with E-state index in [0.29, 0.717) is 17.8 Å². The minimum absolute atomic E-state index is 0.436. The Kier molecular flexibility index (Phi) is 5.99. The number of aryl methyl sites for hydroxylation is 1. The first-order valence-corrected chi connectivity index (χ1v) is 12.0. The molecule has 0 unspecified atom stereocenters. The van der Waals surface area contributed by atoms with Crippen molar-refractivity contribution < 1.29 is 4.57 Å². The second-order valence-electron chi connectivity index (χ2n) is 9.98. The maximum absolute atomic E-state index is 2.53. The largest absolute Gasteiger partial charge is 0.295 e. The van der Waals surface area contributed by atoms with Crippen molar-refractivity contribution in [1.29, 1.82) is 0 Å². The van der Waals surface area contributed by atoms with Crippen molar-refractivity contribution in [2.75, 3.05) is 0 Å². The topological polar surface area (TPSA) is 8.81 Å². The van der Waals surface area contributed by atoms with E-state index in [1.807, 2.05) is 0 Å². The monoisotopic (exact) mass is 425 g/mol. The maximum Gasteiger partial charge on any atom is 0.295 e. The van der Waals surface area contributed by atoms with Gasteiger partial charge in [0.1, 0.15) is 5.69 Å². The minimum Gasteiger partial charge on any atom is -0.225 e. The van der Waals surface area contributed by atoms with Crippen molar-refractivity contribution in [2.45, 2.75) is 66.2 Å². The lowest BCUT2D eigenvalue weighted by atomic mass is 9.91. The molecule has 0 fully saturated rings. The Balaban J connectivity index is 2.21. The van der Waals surface area contributed by atoms with Crippen molar-refractivity contribution in [2.24, 2.45) is 7.05 Å². The number of fused-ring (bicyclic) bond motifs is 1. The summed E-state index contributed by atoms with van der Waals surface area (Å²) in [7, 11) is 2.21. The molecule has 0 aliphatic rings. The molecule has 0 amide bonds. The van der Waals surface area contributed by atoms with Gasteiger partial charge in [-0.05, 0) is 54.0 Å². The number of imidazole rings is 1. The van der Waals surface area contributed by atoms with E-state index in [0.717, 1.165) is 0 Å². The lowest BCUT2D eigenvalue weighted by Gasteiger charge is -2.19. The van der Waals surface area contributed by atoms with Gasteiger partial charge in [-0.25, -0.2) is 4.57 Å². The molecule has 0 aliphatic carbocycles. The molecule has 0 radical (unpaired) electrons. The first-order chi connectivity index (χ1) is 15.2. The van der Waals surface area contributed by atoms with Crippen molar-refractivity contribution in [3.63, 3.8) is 0 Å². The summed E-state index contributed by atoms with van der Waals surface area (Å²) in [6.07, 6.45) is 0. The zero-order chi connectivity index (χ0) is 23.2. The molecule has 4 aromatic rings. The molecule has 32 heavy (non-hydrogen) atoms. The van der Waals surface area contributed by atoms with Gasteiger partial charge in [0.05, 0.1) is 12.6 Å². The van der Waals surface area contributed by atoms with Crippen LogP contribution in [0.2, 0.25) is 0 Å². The number of benzene rings is 3. The average molecular weight is 426 g/mol. The molecule has 0 saturated carbocycles. The lowest BCUT2D eigenvalue weighted by Crippen LogP contribution is -2.30. The van der Waals surface area contributed by atoms with Crippen LogP contribution < -0.4 is 4.57 Å². The van der Waals surface area contributed by atoms with Crippen molar-refractivity contribution >= 4 is 11.0 Å². The standard InChI is InChI=1S/C30H37N2/c1-19(2)23-13-11-16-26(22(23)7)30-31(8)27-17-9-10-18-28(27)32(30)29-24(20(3)4)14-12-15-25(29)21(5)6/h9-21H,1-8H3/q+1. The second-order valence-corrected chi connectivity index (χ2v) is 9.98. The van der Waals surface area contributed by atoms with Gasteiger partial charge in [0, 0.05) is 11.1 Å². The third-order valence-electron chi connectivity index (χ3n) is 6.82. The highest BCUT2D eigenvalue weighted by molar-refractivity contribution is 5.81. The first kappa shape index (κ1) is 22.3.